The standard InChI is InChI=1S/C16H20N4OS/c1-3-20(10-12-6-4-5-11(2)9-12)16(21)17-15-19-18-14(22-15)13-7-8-13/h4-6,9,13H,3,7-8,10H2,1-2H3,(H,17,19,21). The van der Waals surface area contributed by atoms with Gasteiger partial charge in [0.1, 0.15) is 5.01 Å². The lowest BCUT2D eigenvalue weighted by atomic mass is 10.1. The van der Waals surface area contributed by atoms with E-state index < -0.39 is 0 Å². The minimum Gasteiger partial charge on any atom is -0.320 e. The minimum absolute atomic E-state index is 0.123. The van der Waals surface area contributed by atoms with Crippen molar-refractivity contribution in [3.63, 3.8) is 0 Å². The number of hydrogen-bond donors (Lipinski definition) is 1. The van der Waals surface area contributed by atoms with Gasteiger partial charge in [0.15, 0.2) is 0 Å². The third-order valence-corrected chi connectivity index (χ3v) is 4.71. The Labute approximate surface area is 134 Å². The van der Waals surface area contributed by atoms with Crippen LogP contribution in [0.5, 0.6) is 0 Å². The number of nitrogens with one attached hydrogen (secondary N) is 1. The fraction of sp³-hybridized carbons (Fsp3) is 0.438. The van der Waals surface area contributed by atoms with Crippen molar-refractivity contribution in [2.75, 3.05) is 11.9 Å². The lowest BCUT2D eigenvalue weighted by Gasteiger charge is -2.20. The molecule has 116 valence electrons. The van der Waals surface area contributed by atoms with E-state index in [2.05, 4.69) is 34.6 Å². The minimum atomic E-state index is -0.123. The monoisotopic (exact) mass is 316 g/mol. The first kappa shape index (κ1) is 15.0. The van der Waals surface area contributed by atoms with Crippen molar-refractivity contribution in [1.82, 2.24) is 15.1 Å². The van der Waals surface area contributed by atoms with Crippen LogP contribution in [0.1, 0.15) is 41.8 Å². The number of urea groups is 1. The van der Waals surface area contributed by atoms with Gasteiger partial charge in [-0.1, -0.05) is 41.2 Å². The van der Waals surface area contributed by atoms with Crippen molar-refractivity contribution in [2.45, 2.75) is 39.2 Å². The molecule has 2 aromatic rings. The number of nitrogens with zero attached hydrogens (tertiary/aromatic N) is 3. The molecule has 1 N–H and O–H groups in total. The number of carbonyl (C=O) groups is 1. The molecule has 3 rings (SSSR count). The molecule has 1 aromatic heterocycles. The maximum atomic E-state index is 12.4. The average Bonchev–Trinajstić information content (AvgIpc) is 3.25. The summed E-state index contributed by atoms with van der Waals surface area (Å²) in [6, 6.07) is 8.09. The van der Waals surface area contributed by atoms with Crippen LogP contribution in [0.15, 0.2) is 24.3 Å². The van der Waals surface area contributed by atoms with Crippen molar-refractivity contribution in [2.24, 2.45) is 0 Å². The highest BCUT2D eigenvalue weighted by Crippen LogP contribution is 2.42. The van der Waals surface area contributed by atoms with Crippen LogP contribution >= 0.6 is 11.3 Å². The summed E-state index contributed by atoms with van der Waals surface area (Å²) >= 11 is 1.49. The number of aromatic nitrogens is 2. The first-order chi connectivity index (χ1) is 10.7. The van der Waals surface area contributed by atoms with Crippen LogP contribution in [-0.2, 0) is 6.54 Å². The van der Waals surface area contributed by atoms with Crippen LogP contribution < -0.4 is 5.32 Å². The fourth-order valence-electron chi connectivity index (χ4n) is 2.31. The quantitative estimate of drug-likeness (QED) is 0.913. The molecule has 0 radical (unpaired) electrons. The van der Waals surface area contributed by atoms with E-state index in [9.17, 15) is 4.79 Å². The van der Waals surface area contributed by atoms with E-state index in [-0.39, 0.29) is 6.03 Å². The van der Waals surface area contributed by atoms with Gasteiger partial charge < -0.3 is 4.90 Å². The highest BCUT2D eigenvalue weighted by Gasteiger charge is 2.28. The SMILES string of the molecule is CCN(Cc1cccc(C)c1)C(=O)Nc1nnc(C2CC2)s1. The zero-order valence-electron chi connectivity index (χ0n) is 12.9. The van der Waals surface area contributed by atoms with Crippen LogP contribution in [0.25, 0.3) is 0 Å². The molecule has 1 aromatic carbocycles. The Morgan fingerprint density at radius 1 is 1.41 bits per heavy atom. The molecule has 1 aliphatic rings. The molecule has 1 heterocycles. The summed E-state index contributed by atoms with van der Waals surface area (Å²) < 4.78 is 0. The Morgan fingerprint density at radius 2 is 2.23 bits per heavy atom. The Morgan fingerprint density at radius 3 is 2.91 bits per heavy atom. The van der Waals surface area contributed by atoms with Crippen molar-refractivity contribution < 1.29 is 4.79 Å². The Balaban J connectivity index is 1.62. The smallest absolute Gasteiger partial charge is 0.320 e. The van der Waals surface area contributed by atoms with E-state index in [1.54, 1.807) is 4.90 Å². The summed E-state index contributed by atoms with van der Waals surface area (Å²) in [7, 11) is 0. The molecular formula is C16H20N4OS. The van der Waals surface area contributed by atoms with Crippen LogP contribution in [0.2, 0.25) is 0 Å². The van der Waals surface area contributed by atoms with E-state index in [1.807, 2.05) is 19.1 Å². The number of amides is 2. The van der Waals surface area contributed by atoms with Gasteiger partial charge in [-0.3, -0.25) is 5.32 Å². The zero-order valence-corrected chi connectivity index (χ0v) is 13.7. The summed E-state index contributed by atoms with van der Waals surface area (Å²) in [6.07, 6.45) is 2.38. The molecule has 0 bridgehead atoms. The summed E-state index contributed by atoms with van der Waals surface area (Å²) in [4.78, 5) is 14.2. The van der Waals surface area contributed by atoms with E-state index in [0.29, 0.717) is 24.1 Å². The van der Waals surface area contributed by atoms with Gasteiger partial charge in [0.05, 0.1) is 0 Å². The molecule has 0 atom stereocenters. The van der Waals surface area contributed by atoms with Crippen LogP contribution in [0, 0.1) is 6.92 Å². The number of carbonyl (C=O) groups excluding carboxylic acids is 1. The molecule has 1 aliphatic carbocycles. The van der Waals surface area contributed by atoms with Gasteiger partial charge in [0.2, 0.25) is 5.13 Å². The lowest BCUT2D eigenvalue weighted by molar-refractivity contribution is 0.212. The summed E-state index contributed by atoms with van der Waals surface area (Å²) in [5.74, 6) is 0.567. The number of hydrogen-bond acceptors (Lipinski definition) is 4. The van der Waals surface area contributed by atoms with Gasteiger partial charge in [-0.15, -0.1) is 10.2 Å². The van der Waals surface area contributed by atoms with Crippen molar-refractivity contribution in [3.8, 4) is 0 Å². The first-order valence-electron chi connectivity index (χ1n) is 7.60. The third-order valence-electron chi connectivity index (χ3n) is 3.71. The lowest BCUT2D eigenvalue weighted by Crippen LogP contribution is -2.34. The molecule has 1 saturated carbocycles. The van der Waals surface area contributed by atoms with Gasteiger partial charge in [0, 0.05) is 19.0 Å². The molecule has 2 amide bonds. The molecule has 22 heavy (non-hydrogen) atoms. The van der Waals surface area contributed by atoms with E-state index in [4.69, 9.17) is 0 Å². The second-order valence-electron chi connectivity index (χ2n) is 5.65. The molecule has 6 heteroatoms. The van der Waals surface area contributed by atoms with Crippen molar-refractivity contribution in [3.05, 3.63) is 40.4 Å². The van der Waals surface area contributed by atoms with Gasteiger partial charge in [0.25, 0.3) is 0 Å². The summed E-state index contributed by atoms with van der Waals surface area (Å²) in [6.45, 7) is 5.28. The maximum Gasteiger partial charge on any atom is 0.323 e. The maximum absolute atomic E-state index is 12.4. The fourth-order valence-corrected chi connectivity index (χ4v) is 3.21. The molecule has 1 fully saturated rings. The Bertz CT molecular complexity index is 666. The predicted molar refractivity (Wildman–Crippen MR) is 88.2 cm³/mol. The van der Waals surface area contributed by atoms with Gasteiger partial charge in [-0.2, -0.15) is 0 Å². The average molecular weight is 316 g/mol. The van der Waals surface area contributed by atoms with Crippen LogP contribution in [0.3, 0.4) is 0 Å². The van der Waals surface area contributed by atoms with E-state index in [0.717, 1.165) is 10.6 Å². The third kappa shape index (κ3) is 3.62. The molecule has 0 unspecified atom stereocenters. The van der Waals surface area contributed by atoms with Gasteiger partial charge >= 0.3 is 6.03 Å². The van der Waals surface area contributed by atoms with Gasteiger partial charge in [-0.05, 0) is 32.3 Å². The zero-order chi connectivity index (χ0) is 15.5. The molecule has 0 saturated heterocycles. The largest absolute Gasteiger partial charge is 0.323 e. The number of aryl methyl sites for hydroxylation is 1. The molecule has 5 nitrogen and oxygen atoms in total. The van der Waals surface area contributed by atoms with Crippen LogP contribution in [-0.4, -0.2) is 27.7 Å². The Kier molecular flexibility index (Phi) is 4.38. The normalized spacial score (nSPS) is 13.9. The molecular weight excluding hydrogens is 296 g/mol. The van der Waals surface area contributed by atoms with E-state index >= 15 is 0 Å². The van der Waals surface area contributed by atoms with Crippen molar-refractivity contribution in [1.29, 1.82) is 0 Å². The second kappa shape index (κ2) is 6.44. The van der Waals surface area contributed by atoms with Crippen LogP contribution in [0.4, 0.5) is 9.93 Å². The molecule has 0 spiro atoms. The highest BCUT2D eigenvalue weighted by molar-refractivity contribution is 7.15. The number of benzene rings is 1. The summed E-state index contributed by atoms with van der Waals surface area (Å²) in [5.41, 5.74) is 2.33. The van der Waals surface area contributed by atoms with Gasteiger partial charge in [-0.25, -0.2) is 4.79 Å². The van der Waals surface area contributed by atoms with Crippen molar-refractivity contribution >= 4 is 22.5 Å². The van der Waals surface area contributed by atoms with E-state index in [1.165, 1.54) is 29.7 Å². The Hall–Kier alpha value is -1.95. The number of rotatable bonds is 5. The highest BCUT2D eigenvalue weighted by atomic mass is 32.1. The first-order valence-corrected chi connectivity index (χ1v) is 8.42. The second-order valence-corrected chi connectivity index (χ2v) is 6.66. The predicted octanol–water partition coefficient (Wildman–Crippen LogP) is 3.78. The topological polar surface area (TPSA) is 58.1 Å². The number of anilines is 1. The summed E-state index contributed by atoms with van der Waals surface area (Å²) in [5, 5.41) is 12.7. The molecule has 0 aliphatic heterocycles.